The number of hydrogen-bond acceptors (Lipinski definition) is 6. The molecule has 0 bridgehead atoms. The van der Waals surface area contributed by atoms with E-state index in [4.69, 9.17) is 0 Å². The van der Waals surface area contributed by atoms with Crippen molar-refractivity contribution < 1.29 is 27.7 Å². The minimum absolute atomic E-state index is 0.0176. The Morgan fingerprint density at radius 2 is 1.92 bits per heavy atom. The van der Waals surface area contributed by atoms with E-state index < -0.39 is 11.9 Å². The Morgan fingerprint density at radius 3 is 2.64 bits per heavy atom. The first kappa shape index (κ1) is 23.4. The summed E-state index contributed by atoms with van der Waals surface area (Å²) in [5.41, 5.74) is 1.50. The quantitative estimate of drug-likeness (QED) is 0.628. The lowest BCUT2D eigenvalue weighted by molar-refractivity contribution is -0.948. The number of fused-ring (bicyclic) bond motifs is 2. The van der Waals surface area contributed by atoms with Crippen molar-refractivity contribution in [3.8, 4) is 5.75 Å². The lowest BCUT2D eigenvalue weighted by Gasteiger charge is -2.44. The van der Waals surface area contributed by atoms with Crippen molar-refractivity contribution in [1.29, 1.82) is 0 Å². The molecule has 1 aromatic heterocycles. The van der Waals surface area contributed by atoms with Crippen LogP contribution >= 0.6 is 11.8 Å². The summed E-state index contributed by atoms with van der Waals surface area (Å²) >= 11 is 1.76. The molecule has 4 aliphatic heterocycles. The number of phenols is 1. The average molecular weight is 517 g/mol. The average Bonchev–Trinajstić information content (AvgIpc) is 3.59. The molecule has 6 rings (SSSR count). The second-order valence-corrected chi connectivity index (χ2v) is 10.4. The monoisotopic (exact) mass is 516 g/mol. The number of amides is 1. The zero-order chi connectivity index (χ0) is 25.1. The van der Waals surface area contributed by atoms with Gasteiger partial charge in [0.25, 0.3) is 5.91 Å². The van der Waals surface area contributed by atoms with Crippen molar-refractivity contribution in [2.75, 3.05) is 55.8 Å². The van der Waals surface area contributed by atoms with Gasteiger partial charge >= 0.3 is 6.18 Å². The highest BCUT2D eigenvalue weighted by Gasteiger charge is 2.48. The molecule has 1 N–H and O–H groups in total. The molecule has 0 unspecified atom stereocenters. The molecule has 188 valence electrons. The molecule has 2 fully saturated rings. The maximum absolute atomic E-state index is 13.6. The van der Waals surface area contributed by atoms with E-state index >= 15 is 0 Å². The maximum Gasteiger partial charge on any atom is 0.433 e. The number of piperazine rings is 1. The highest BCUT2D eigenvalue weighted by molar-refractivity contribution is 7.99. The Bertz CT molecular complexity index is 1330. The Hall–Kier alpha value is -3.02. The molecule has 5 heterocycles. The van der Waals surface area contributed by atoms with Gasteiger partial charge in [-0.05, 0) is 30.3 Å². The molecular weight excluding hydrogens is 491 g/mol. The van der Waals surface area contributed by atoms with E-state index in [0.717, 1.165) is 35.5 Å². The number of benzene rings is 1. The van der Waals surface area contributed by atoms with Crippen LogP contribution in [0.3, 0.4) is 0 Å². The minimum Gasteiger partial charge on any atom is -0.508 e. The first-order valence-electron chi connectivity index (χ1n) is 11.8. The van der Waals surface area contributed by atoms with Crippen LogP contribution in [0.4, 0.5) is 18.9 Å². The number of carbonyl (C=O) groups is 1. The summed E-state index contributed by atoms with van der Waals surface area (Å²) in [7, 11) is 0. The Morgan fingerprint density at radius 1 is 1.11 bits per heavy atom. The van der Waals surface area contributed by atoms with Crippen molar-refractivity contribution in [1.82, 2.24) is 14.9 Å². The first-order valence-corrected chi connectivity index (χ1v) is 13.0. The van der Waals surface area contributed by atoms with Gasteiger partial charge in [0.1, 0.15) is 24.2 Å². The zero-order valence-electron chi connectivity index (χ0n) is 19.4. The highest BCUT2D eigenvalue weighted by atomic mass is 32.2. The second kappa shape index (κ2) is 8.53. The number of phenolic OH excluding ortho intramolecular Hbond substituents is 1. The van der Waals surface area contributed by atoms with Gasteiger partial charge in [-0.25, -0.2) is 4.98 Å². The van der Waals surface area contributed by atoms with E-state index in [1.807, 2.05) is 28.0 Å². The summed E-state index contributed by atoms with van der Waals surface area (Å²) in [5, 5.41) is 12.7. The van der Waals surface area contributed by atoms with Gasteiger partial charge < -0.3 is 14.9 Å². The standard InChI is InChI=1S/C25H24F3N5O2S/c26-25(27,28)23-14-22(20-13-19(34)3-4-21(20)29-23)30-5-7-32(8-6-30)33-10-1-2-18(33)12-17(15-33)24(35)31-9-11-36-16-31/h1-4,10,12-14H,5-9,11,15-16H2/p+1/t33-/m1/s1. The number of carbonyl (C=O) groups excluding carboxylic acids is 1. The van der Waals surface area contributed by atoms with Crippen LogP contribution in [0.1, 0.15) is 5.69 Å². The number of rotatable bonds is 3. The third-order valence-corrected chi connectivity index (χ3v) is 8.22. The number of pyridine rings is 1. The number of hydrogen-bond donors (Lipinski definition) is 1. The van der Waals surface area contributed by atoms with Crippen molar-refractivity contribution >= 4 is 34.3 Å². The normalized spacial score (nSPS) is 24.4. The number of anilines is 1. The van der Waals surface area contributed by atoms with Crippen molar-refractivity contribution in [3.63, 3.8) is 0 Å². The predicted octanol–water partition coefficient (Wildman–Crippen LogP) is 3.70. The van der Waals surface area contributed by atoms with Crippen molar-refractivity contribution in [2.24, 2.45) is 0 Å². The van der Waals surface area contributed by atoms with Crippen LogP contribution in [-0.4, -0.2) is 81.4 Å². The van der Waals surface area contributed by atoms with Crippen molar-refractivity contribution in [3.05, 3.63) is 65.7 Å². The second-order valence-electron chi connectivity index (χ2n) is 9.36. The lowest BCUT2D eigenvalue weighted by Crippen LogP contribution is -2.60. The molecule has 1 aromatic carbocycles. The predicted molar refractivity (Wildman–Crippen MR) is 132 cm³/mol. The molecule has 36 heavy (non-hydrogen) atoms. The van der Waals surface area contributed by atoms with Crippen LogP contribution in [0, 0.1) is 0 Å². The summed E-state index contributed by atoms with van der Waals surface area (Å²) in [4.78, 5) is 20.6. The van der Waals surface area contributed by atoms with Gasteiger partial charge in [0.05, 0.1) is 30.1 Å². The summed E-state index contributed by atoms with van der Waals surface area (Å²) in [5.74, 6) is 1.75. The largest absolute Gasteiger partial charge is 0.508 e. The SMILES string of the molecule is O=C(C1=CC2=CC=C[N@@+]2(N2CCN(c3cc(C(F)(F)F)nc4ccc(O)cc34)CC2)C1)N1CCSC1. The number of quaternary nitrogens is 1. The fraction of sp³-hybridized carbons (Fsp3) is 0.360. The minimum atomic E-state index is -4.57. The fourth-order valence-corrected chi connectivity index (χ4v) is 6.39. The zero-order valence-corrected chi connectivity index (χ0v) is 20.2. The number of allylic oxidation sites excluding steroid dienone is 3. The molecule has 2 aromatic rings. The summed E-state index contributed by atoms with van der Waals surface area (Å²) < 4.78 is 41.2. The summed E-state index contributed by atoms with van der Waals surface area (Å²) in [6.07, 6.45) is 3.54. The van der Waals surface area contributed by atoms with Crippen LogP contribution in [0.25, 0.3) is 10.9 Å². The Balaban J connectivity index is 1.24. The fourth-order valence-electron chi connectivity index (χ4n) is 5.45. The molecule has 0 radical (unpaired) electrons. The number of nitrogens with zero attached hydrogens (tertiary/aromatic N) is 5. The number of aromatic nitrogens is 1. The van der Waals surface area contributed by atoms with Gasteiger partial charge in [-0.15, -0.1) is 16.8 Å². The lowest BCUT2D eigenvalue weighted by atomic mass is 10.1. The molecule has 11 heteroatoms. The molecule has 0 aliphatic carbocycles. The highest BCUT2D eigenvalue weighted by Crippen LogP contribution is 2.40. The Labute approximate surface area is 210 Å². The number of thioether (sulfide) groups is 1. The van der Waals surface area contributed by atoms with Gasteiger partial charge in [0, 0.05) is 48.6 Å². The van der Waals surface area contributed by atoms with E-state index in [0.29, 0.717) is 48.4 Å². The topological polar surface area (TPSA) is 59.9 Å². The molecule has 2 saturated heterocycles. The molecule has 7 nitrogen and oxygen atoms in total. The van der Waals surface area contributed by atoms with Crippen LogP contribution in [0.2, 0.25) is 0 Å². The van der Waals surface area contributed by atoms with Crippen LogP contribution in [0.5, 0.6) is 5.75 Å². The van der Waals surface area contributed by atoms with Gasteiger partial charge in [0.15, 0.2) is 5.70 Å². The van der Waals surface area contributed by atoms with Gasteiger partial charge in [0.2, 0.25) is 0 Å². The molecule has 1 amide bonds. The molecule has 0 saturated carbocycles. The van der Waals surface area contributed by atoms with E-state index in [1.54, 1.807) is 11.8 Å². The Kier molecular flexibility index (Phi) is 5.54. The van der Waals surface area contributed by atoms with Gasteiger partial charge in [-0.3, -0.25) is 4.79 Å². The molecule has 4 aliphatic rings. The van der Waals surface area contributed by atoms with E-state index in [9.17, 15) is 23.1 Å². The summed E-state index contributed by atoms with van der Waals surface area (Å²) in [6, 6.07) is 5.31. The first-order chi connectivity index (χ1) is 17.2. The number of halogens is 3. The molecule has 0 spiro atoms. The summed E-state index contributed by atoms with van der Waals surface area (Å²) in [6.45, 7) is 3.51. The van der Waals surface area contributed by atoms with E-state index in [-0.39, 0.29) is 17.2 Å². The van der Waals surface area contributed by atoms with E-state index in [2.05, 4.69) is 16.2 Å². The van der Waals surface area contributed by atoms with Crippen LogP contribution in [-0.2, 0) is 11.0 Å². The maximum atomic E-state index is 13.6. The van der Waals surface area contributed by atoms with Crippen LogP contribution < -0.4 is 4.90 Å². The number of alkyl halides is 3. The number of aromatic hydroxyl groups is 1. The third-order valence-electron chi connectivity index (χ3n) is 7.26. The van der Waals surface area contributed by atoms with Crippen LogP contribution in [0.15, 0.2) is 60.0 Å². The van der Waals surface area contributed by atoms with E-state index in [1.165, 1.54) is 18.2 Å². The van der Waals surface area contributed by atoms with Gasteiger partial charge in [-0.2, -0.15) is 17.8 Å². The third kappa shape index (κ3) is 3.86. The van der Waals surface area contributed by atoms with Gasteiger partial charge in [-0.1, -0.05) is 0 Å². The smallest absolute Gasteiger partial charge is 0.433 e. The van der Waals surface area contributed by atoms with Crippen molar-refractivity contribution in [2.45, 2.75) is 6.18 Å². The molecule has 1 atom stereocenters. The molecular formula is C25H25F3N5O2S+.